The van der Waals surface area contributed by atoms with Crippen LogP contribution in [0.25, 0.3) is 0 Å². The van der Waals surface area contributed by atoms with Crippen LogP contribution in [-0.2, 0) is 9.53 Å². The molecule has 0 bridgehead atoms. The van der Waals surface area contributed by atoms with E-state index in [4.69, 9.17) is 0 Å². The number of esters is 1. The number of methoxy groups -OCH3 is 1. The zero-order valence-corrected chi connectivity index (χ0v) is 7.69. The Labute approximate surface area is 68.5 Å². The van der Waals surface area contributed by atoms with Gasteiger partial charge < -0.3 is 10.1 Å². The zero-order chi connectivity index (χ0) is 8.27. The molecular formula is C6H13N2O2P. The summed E-state index contributed by atoms with van der Waals surface area (Å²) < 4.78 is 6.63. The third-order valence-electron chi connectivity index (χ3n) is 1.69. The summed E-state index contributed by atoms with van der Waals surface area (Å²) in [6.45, 7) is 2.50. The maximum absolute atomic E-state index is 11.0. The fraction of sp³-hybridized carbons (Fsp3) is 0.833. The van der Waals surface area contributed by atoms with Crippen LogP contribution in [0.4, 0.5) is 0 Å². The van der Waals surface area contributed by atoms with E-state index in [1.165, 1.54) is 7.11 Å². The van der Waals surface area contributed by atoms with Gasteiger partial charge in [0.2, 0.25) is 0 Å². The molecule has 5 heteroatoms. The molecule has 1 fully saturated rings. The summed E-state index contributed by atoms with van der Waals surface area (Å²) in [7, 11) is 3.99. The molecule has 4 nitrogen and oxygen atoms in total. The van der Waals surface area contributed by atoms with Crippen molar-refractivity contribution in [2.75, 3.05) is 26.7 Å². The zero-order valence-electron chi connectivity index (χ0n) is 6.54. The number of rotatable bonds is 1. The van der Waals surface area contributed by atoms with E-state index < -0.39 is 0 Å². The molecule has 0 aliphatic carbocycles. The van der Waals surface area contributed by atoms with Gasteiger partial charge in [0.1, 0.15) is 6.04 Å². The van der Waals surface area contributed by atoms with Gasteiger partial charge in [0.05, 0.1) is 7.11 Å². The predicted octanol–water partition coefficient (Wildman–Crippen LogP) is -0.777. The molecule has 1 heterocycles. The molecule has 0 spiro atoms. The van der Waals surface area contributed by atoms with E-state index in [0.717, 1.165) is 13.1 Å². The highest BCUT2D eigenvalue weighted by molar-refractivity contribution is 7.13. The van der Waals surface area contributed by atoms with E-state index in [1.54, 1.807) is 0 Å². The average Bonchev–Trinajstić information content (AvgIpc) is 2.03. The number of carbonyl (C=O) groups is 1. The van der Waals surface area contributed by atoms with Crippen LogP contribution >= 0.6 is 9.39 Å². The standard InChI is InChI=1S/C6H13N2O2P/c1-10-6(9)5-4-8(11)3-2-7-5/h5,7H,2-4,11H2,1H3. The van der Waals surface area contributed by atoms with E-state index in [1.807, 2.05) is 4.67 Å². The first kappa shape index (κ1) is 8.91. The third-order valence-corrected chi connectivity index (χ3v) is 2.16. The molecule has 1 N–H and O–H groups in total. The lowest BCUT2D eigenvalue weighted by atomic mass is 10.2. The quantitative estimate of drug-likeness (QED) is 0.420. The first-order valence-corrected chi connectivity index (χ1v) is 4.06. The molecule has 2 unspecified atom stereocenters. The number of piperazine rings is 1. The van der Waals surface area contributed by atoms with Crippen molar-refractivity contribution in [2.24, 2.45) is 0 Å². The van der Waals surface area contributed by atoms with Crippen LogP contribution < -0.4 is 5.32 Å². The Hall–Kier alpha value is -0.180. The van der Waals surface area contributed by atoms with Crippen molar-refractivity contribution in [3.05, 3.63) is 0 Å². The summed E-state index contributed by atoms with van der Waals surface area (Å²) in [5.74, 6) is -0.183. The lowest BCUT2D eigenvalue weighted by Gasteiger charge is -2.28. The summed E-state index contributed by atoms with van der Waals surface area (Å²) >= 11 is 0. The number of hydrogen-bond acceptors (Lipinski definition) is 4. The van der Waals surface area contributed by atoms with Gasteiger partial charge >= 0.3 is 5.97 Å². The van der Waals surface area contributed by atoms with Crippen molar-refractivity contribution in [1.29, 1.82) is 0 Å². The minimum Gasteiger partial charge on any atom is -0.468 e. The number of hydrogen-bond donors (Lipinski definition) is 1. The highest BCUT2D eigenvalue weighted by Crippen LogP contribution is 2.04. The fourth-order valence-electron chi connectivity index (χ4n) is 1.07. The van der Waals surface area contributed by atoms with Gasteiger partial charge in [0, 0.05) is 19.6 Å². The Morgan fingerprint density at radius 3 is 3.09 bits per heavy atom. The number of nitrogens with zero attached hydrogens (tertiary/aromatic N) is 1. The first-order valence-electron chi connectivity index (χ1n) is 3.55. The van der Waals surface area contributed by atoms with E-state index in [2.05, 4.69) is 19.4 Å². The van der Waals surface area contributed by atoms with Gasteiger partial charge in [0.15, 0.2) is 0 Å². The van der Waals surface area contributed by atoms with Crippen LogP contribution in [0.2, 0.25) is 0 Å². The van der Waals surface area contributed by atoms with E-state index in [9.17, 15) is 4.79 Å². The second kappa shape index (κ2) is 4.00. The molecule has 0 saturated carbocycles. The second-order valence-corrected chi connectivity index (χ2v) is 3.26. The van der Waals surface area contributed by atoms with Crippen molar-refractivity contribution < 1.29 is 9.53 Å². The molecule has 64 valence electrons. The Morgan fingerprint density at radius 2 is 2.55 bits per heavy atom. The molecule has 1 aliphatic heterocycles. The number of ether oxygens (including phenoxy) is 1. The molecule has 0 radical (unpaired) electrons. The lowest BCUT2D eigenvalue weighted by Crippen LogP contribution is -2.51. The summed E-state index contributed by atoms with van der Waals surface area (Å²) in [4.78, 5) is 11.0. The van der Waals surface area contributed by atoms with Crippen molar-refractivity contribution in [3.63, 3.8) is 0 Å². The topological polar surface area (TPSA) is 41.6 Å². The summed E-state index contributed by atoms with van der Waals surface area (Å²) in [6.07, 6.45) is 0. The monoisotopic (exact) mass is 176 g/mol. The van der Waals surface area contributed by atoms with Crippen LogP contribution in [0.15, 0.2) is 0 Å². The smallest absolute Gasteiger partial charge is 0.324 e. The van der Waals surface area contributed by atoms with Crippen molar-refractivity contribution in [3.8, 4) is 0 Å². The van der Waals surface area contributed by atoms with Gasteiger partial charge in [0.25, 0.3) is 0 Å². The van der Waals surface area contributed by atoms with Gasteiger partial charge in [-0.3, -0.25) is 9.46 Å². The predicted molar refractivity (Wildman–Crippen MR) is 45.1 cm³/mol. The van der Waals surface area contributed by atoms with Crippen LogP contribution in [0.5, 0.6) is 0 Å². The molecule has 0 aromatic heterocycles. The molecule has 1 saturated heterocycles. The summed E-state index contributed by atoms with van der Waals surface area (Å²) in [6, 6.07) is -0.161. The van der Waals surface area contributed by atoms with Crippen molar-refractivity contribution in [1.82, 2.24) is 9.99 Å². The SMILES string of the molecule is COC(=O)C1CN(P)CCN1. The molecule has 11 heavy (non-hydrogen) atoms. The Bertz CT molecular complexity index is 154. The van der Waals surface area contributed by atoms with Crippen molar-refractivity contribution >= 4 is 15.4 Å². The van der Waals surface area contributed by atoms with Gasteiger partial charge in [-0.2, -0.15) is 0 Å². The minimum absolute atomic E-state index is 0.161. The molecule has 2 atom stereocenters. The largest absolute Gasteiger partial charge is 0.468 e. The minimum atomic E-state index is -0.183. The maximum atomic E-state index is 11.0. The Balaban J connectivity index is 2.39. The molecule has 0 aromatic rings. The Morgan fingerprint density at radius 1 is 1.82 bits per heavy atom. The van der Waals surface area contributed by atoms with Gasteiger partial charge in [-0.25, -0.2) is 0 Å². The molecule has 1 aliphatic rings. The van der Waals surface area contributed by atoms with Crippen molar-refractivity contribution in [2.45, 2.75) is 6.04 Å². The molecular weight excluding hydrogens is 163 g/mol. The number of nitrogens with one attached hydrogen (secondary N) is 1. The fourth-order valence-corrected chi connectivity index (χ4v) is 1.41. The second-order valence-electron chi connectivity index (χ2n) is 2.52. The van der Waals surface area contributed by atoms with E-state index in [-0.39, 0.29) is 12.0 Å². The average molecular weight is 176 g/mol. The maximum Gasteiger partial charge on any atom is 0.324 e. The highest BCUT2D eigenvalue weighted by atomic mass is 31.0. The molecule has 0 amide bonds. The normalized spacial score (nSPS) is 26.5. The summed E-state index contributed by atoms with van der Waals surface area (Å²) in [5, 5.41) is 3.07. The lowest BCUT2D eigenvalue weighted by molar-refractivity contribution is -0.143. The van der Waals surface area contributed by atoms with Crippen LogP contribution in [0, 0.1) is 0 Å². The van der Waals surface area contributed by atoms with Crippen LogP contribution in [0.3, 0.4) is 0 Å². The Kier molecular flexibility index (Phi) is 3.24. The van der Waals surface area contributed by atoms with Crippen LogP contribution in [-0.4, -0.2) is 43.4 Å². The number of carbonyl (C=O) groups excluding carboxylic acids is 1. The first-order chi connectivity index (χ1) is 5.24. The highest BCUT2D eigenvalue weighted by Gasteiger charge is 2.23. The van der Waals surface area contributed by atoms with E-state index in [0.29, 0.717) is 6.54 Å². The van der Waals surface area contributed by atoms with Gasteiger partial charge in [-0.05, 0) is 0 Å². The molecule has 0 aromatic carbocycles. The van der Waals surface area contributed by atoms with Gasteiger partial charge in [-0.1, -0.05) is 9.39 Å². The molecule has 1 rings (SSSR count). The van der Waals surface area contributed by atoms with Crippen LogP contribution in [0.1, 0.15) is 0 Å². The summed E-state index contributed by atoms with van der Waals surface area (Å²) in [5.41, 5.74) is 0. The third kappa shape index (κ3) is 2.40. The van der Waals surface area contributed by atoms with Gasteiger partial charge in [-0.15, -0.1) is 0 Å². The van der Waals surface area contributed by atoms with E-state index >= 15 is 0 Å².